The maximum atomic E-state index is 12.5. The van der Waals surface area contributed by atoms with Gasteiger partial charge in [-0.1, -0.05) is 60.7 Å². The van der Waals surface area contributed by atoms with E-state index >= 15 is 0 Å². The summed E-state index contributed by atoms with van der Waals surface area (Å²) in [5.74, 6) is 0.628. The molecule has 1 aliphatic heterocycles. The quantitative estimate of drug-likeness (QED) is 0.613. The molecule has 2 heterocycles. The number of hydrogen-bond acceptors (Lipinski definition) is 4. The number of nitrogens with one attached hydrogen (secondary N) is 1. The third kappa shape index (κ3) is 5.24. The predicted octanol–water partition coefficient (Wildman–Crippen LogP) is 4.20. The van der Waals surface area contributed by atoms with Gasteiger partial charge >= 0.3 is 0 Å². The van der Waals surface area contributed by atoms with Crippen LogP contribution in [-0.2, 0) is 4.74 Å². The molecule has 0 spiro atoms. The van der Waals surface area contributed by atoms with E-state index in [4.69, 9.17) is 9.47 Å². The Hall–Kier alpha value is -3.18. The van der Waals surface area contributed by atoms with Crippen molar-refractivity contribution in [2.45, 2.75) is 24.9 Å². The van der Waals surface area contributed by atoms with Gasteiger partial charge in [0.15, 0.2) is 0 Å². The van der Waals surface area contributed by atoms with E-state index in [0.29, 0.717) is 24.6 Å². The molecule has 1 amide bonds. The summed E-state index contributed by atoms with van der Waals surface area (Å²) in [7, 11) is 0. The first kappa shape index (κ1) is 20.1. The Morgan fingerprint density at radius 1 is 1.03 bits per heavy atom. The number of aromatic nitrogens is 1. The van der Waals surface area contributed by atoms with Crippen molar-refractivity contribution in [1.82, 2.24) is 10.3 Å². The molecule has 1 atom stereocenters. The molecule has 5 heteroatoms. The van der Waals surface area contributed by atoms with Crippen LogP contribution in [0, 0.1) is 0 Å². The first-order valence-corrected chi connectivity index (χ1v) is 10.4. The van der Waals surface area contributed by atoms with Gasteiger partial charge in [0, 0.05) is 31.1 Å². The molecule has 1 fully saturated rings. The number of pyridine rings is 1. The van der Waals surface area contributed by atoms with Crippen LogP contribution in [0.1, 0.15) is 40.2 Å². The smallest absolute Gasteiger partial charge is 0.252 e. The SMILES string of the molecule is O=C(NCCC(c1ccccc1)c1ccccc1)c1ccc(OC2CCOC2)nc1. The summed E-state index contributed by atoms with van der Waals surface area (Å²) in [6.07, 6.45) is 3.29. The molecule has 0 bridgehead atoms. The van der Waals surface area contributed by atoms with Crippen molar-refractivity contribution in [2.75, 3.05) is 19.8 Å². The van der Waals surface area contributed by atoms with Gasteiger partial charge in [-0.3, -0.25) is 4.79 Å². The van der Waals surface area contributed by atoms with Crippen LogP contribution in [0.15, 0.2) is 79.0 Å². The van der Waals surface area contributed by atoms with Crippen LogP contribution in [-0.4, -0.2) is 36.8 Å². The Labute approximate surface area is 177 Å². The average Bonchev–Trinajstić information content (AvgIpc) is 3.31. The van der Waals surface area contributed by atoms with Crippen molar-refractivity contribution in [1.29, 1.82) is 0 Å². The Morgan fingerprint density at radius 2 is 1.73 bits per heavy atom. The molecule has 1 unspecified atom stereocenters. The molecule has 1 N–H and O–H groups in total. The van der Waals surface area contributed by atoms with E-state index in [1.807, 2.05) is 12.1 Å². The van der Waals surface area contributed by atoms with Crippen molar-refractivity contribution in [2.24, 2.45) is 0 Å². The molecular weight excluding hydrogens is 376 g/mol. The predicted molar refractivity (Wildman–Crippen MR) is 116 cm³/mol. The van der Waals surface area contributed by atoms with Crippen LogP contribution in [0.2, 0.25) is 0 Å². The van der Waals surface area contributed by atoms with Crippen LogP contribution >= 0.6 is 0 Å². The zero-order valence-corrected chi connectivity index (χ0v) is 16.9. The molecule has 1 aromatic heterocycles. The zero-order valence-electron chi connectivity index (χ0n) is 16.9. The van der Waals surface area contributed by atoms with Gasteiger partial charge in [-0.2, -0.15) is 0 Å². The van der Waals surface area contributed by atoms with Gasteiger partial charge in [-0.05, 0) is 23.6 Å². The van der Waals surface area contributed by atoms with Crippen molar-refractivity contribution in [3.63, 3.8) is 0 Å². The lowest BCUT2D eigenvalue weighted by Crippen LogP contribution is -2.26. The number of carbonyl (C=O) groups is 1. The molecule has 1 aliphatic rings. The van der Waals surface area contributed by atoms with Crippen molar-refractivity contribution >= 4 is 5.91 Å². The summed E-state index contributed by atoms with van der Waals surface area (Å²) in [5, 5.41) is 3.02. The minimum atomic E-state index is -0.127. The first-order chi connectivity index (χ1) is 14.8. The Kier molecular flexibility index (Phi) is 6.72. The highest BCUT2D eigenvalue weighted by Gasteiger charge is 2.18. The average molecular weight is 402 g/mol. The van der Waals surface area contributed by atoms with Gasteiger partial charge in [0.2, 0.25) is 5.88 Å². The summed E-state index contributed by atoms with van der Waals surface area (Å²) in [4.78, 5) is 16.8. The number of rotatable bonds is 8. The Balaban J connectivity index is 1.34. The van der Waals surface area contributed by atoms with E-state index in [-0.39, 0.29) is 17.9 Å². The fourth-order valence-corrected chi connectivity index (χ4v) is 3.69. The van der Waals surface area contributed by atoms with Crippen LogP contribution in [0.5, 0.6) is 5.88 Å². The summed E-state index contributed by atoms with van der Waals surface area (Å²) < 4.78 is 11.1. The number of ether oxygens (including phenoxy) is 2. The number of benzene rings is 2. The molecule has 0 aliphatic carbocycles. The Bertz CT molecular complexity index is 884. The lowest BCUT2D eigenvalue weighted by molar-refractivity contribution is 0.0952. The lowest BCUT2D eigenvalue weighted by atomic mass is 9.88. The fourth-order valence-electron chi connectivity index (χ4n) is 3.69. The third-order valence-electron chi connectivity index (χ3n) is 5.30. The van der Waals surface area contributed by atoms with Gasteiger partial charge in [0.25, 0.3) is 5.91 Å². The van der Waals surface area contributed by atoms with E-state index < -0.39 is 0 Å². The van der Waals surface area contributed by atoms with E-state index in [2.05, 4.69) is 58.8 Å². The Morgan fingerprint density at radius 3 is 2.30 bits per heavy atom. The van der Waals surface area contributed by atoms with Crippen LogP contribution < -0.4 is 10.1 Å². The summed E-state index contributed by atoms with van der Waals surface area (Å²) in [5.41, 5.74) is 3.02. The summed E-state index contributed by atoms with van der Waals surface area (Å²) in [6, 6.07) is 24.3. The highest BCUT2D eigenvalue weighted by atomic mass is 16.5. The second-order valence-corrected chi connectivity index (χ2v) is 7.41. The zero-order chi connectivity index (χ0) is 20.6. The van der Waals surface area contributed by atoms with Crippen LogP contribution in [0.3, 0.4) is 0 Å². The van der Waals surface area contributed by atoms with Gasteiger partial charge < -0.3 is 14.8 Å². The number of nitrogens with zero attached hydrogens (tertiary/aromatic N) is 1. The van der Waals surface area contributed by atoms with E-state index in [1.54, 1.807) is 18.3 Å². The van der Waals surface area contributed by atoms with E-state index in [9.17, 15) is 4.79 Å². The standard InChI is InChI=1S/C25H26N2O3/c28-25(21-11-12-24(27-17-21)30-22-14-16-29-18-22)26-15-13-23(19-7-3-1-4-8-19)20-9-5-2-6-10-20/h1-12,17,22-23H,13-16,18H2,(H,26,28). The highest BCUT2D eigenvalue weighted by Crippen LogP contribution is 2.27. The van der Waals surface area contributed by atoms with Crippen molar-refractivity contribution in [3.8, 4) is 5.88 Å². The lowest BCUT2D eigenvalue weighted by Gasteiger charge is -2.18. The van der Waals surface area contributed by atoms with Crippen molar-refractivity contribution in [3.05, 3.63) is 95.7 Å². The minimum absolute atomic E-state index is 0.0464. The molecule has 2 aromatic carbocycles. The fraction of sp³-hybridized carbons (Fsp3) is 0.280. The molecule has 30 heavy (non-hydrogen) atoms. The minimum Gasteiger partial charge on any atom is -0.472 e. The molecule has 3 aromatic rings. The van der Waals surface area contributed by atoms with Crippen LogP contribution in [0.4, 0.5) is 0 Å². The van der Waals surface area contributed by atoms with E-state index in [1.165, 1.54) is 11.1 Å². The van der Waals surface area contributed by atoms with Gasteiger partial charge in [0.05, 0.1) is 18.8 Å². The second-order valence-electron chi connectivity index (χ2n) is 7.41. The van der Waals surface area contributed by atoms with Gasteiger partial charge in [-0.25, -0.2) is 4.98 Å². The molecule has 5 nitrogen and oxygen atoms in total. The third-order valence-corrected chi connectivity index (χ3v) is 5.30. The summed E-state index contributed by atoms with van der Waals surface area (Å²) >= 11 is 0. The monoisotopic (exact) mass is 402 g/mol. The number of amides is 1. The van der Waals surface area contributed by atoms with E-state index in [0.717, 1.165) is 19.4 Å². The molecular formula is C25H26N2O3. The maximum Gasteiger partial charge on any atom is 0.252 e. The number of hydrogen-bond donors (Lipinski definition) is 1. The van der Waals surface area contributed by atoms with Crippen LogP contribution in [0.25, 0.3) is 0 Å². The highest BCUT2D eigenvalue weighted by molar-refractivity contribution is 5.93. The molecule has 154 valence electrons. The van der Waals surface area contributed by atoms with Crippen molar-refractivity contribution < 1.29 is 14.3 Å². The molecule has 1 saturated heterocycles. The molecule has 4 rings (SSSR count). The second kappa shape index (κ2) is 10.0. The maximum absolute atomic E-state index is 12.5. The largest absolute Gasteiger partial charge is 0.472 e. The van der Waals surface area contributed by atoms with Gasteiger partial charge in [-0.15, -0.1) is 0 Å². The molecule has 0 radical (unpaired) electrons. The molecule has 0 saturated carbocycles. The summed E-state index contributed by atoms with van der Waals surface area (Å²) in [6.45, 7) is 1.89. The number of carbonyl (C=O) groups excluding carboxylic acids is 1. The van der Waals surface area contributed by atoms with Gasteiger partial charge in [0.1, 0.15) is 6.10 Å². The topological polar surface area (TPSA) is 60.5 Å². The first-order valence-electron chi connectivity index (χ1n) is 10.4. The normalized spacial score (nSPS) is 15.8.